The van der Waals surface area contributed by atoms with Crippen molar-refractivity contribution in [3.05, 3.63) is 71.0 Å². The van der Waals surface area contributed by atoms with E-state index < -0.39 is 12.1 Å². The predicted octanol–water partition coefficient (Wildman–Crippen LogP) is 2.88. The lowest BCUT2D eigenvalue weighted by Crippen LogP contribution is -2.34. The summed E-state index contributed by atoms with van der Waals surface area (Å²) < 4.78 is 5.88. The maximum Gasteiger partial charge on any atom is 0.287 e. The molecule has 2 aromatic carbocycles. The van der Waals surface area contributed by atoms with Crippen molar-refractivity contribution < 1.29 is 14.3 Å². The number of para-hydroxylation sites is 1. The van der Waals surface area contributed by atoms with Gasteiger partial charge >= 0.3 is 0 Å². The normalized spacial score (nSPS) is 19.1. The molecule has 0 bridgehead atoms. The van der Waals surface area contributed by atoms with Gasteiger partial charge in [-0.3, -0.25) is 4.79 Å². The molecule has 2 atom stereocenters. The molecule has 0 radical (unpaired) electrons. The van der Waals surface area contributed by atoms with Crippen LogP contribution in [0.3, 0.4) is 0 Å². The average molecular weight is 350 g/mol. The molecule has 0 fully saturated rings. The highest BCUT2D eigenvalue weighted by atomic mass is 16.3. The number of aliphatic hydroxyl groups excluding tert-OH is 1. The fraction of sp³-hybridized carbons (Fsp3) is 0.286. The van der Waals surface area contributed by atoms with E-state index in [1.807, 2.05) is 67.5 Å². The van der Waals surface area contributed by atoms with E-state index in [2.05, 4.69) is 5.32 Å². The Morgan fingerprint density at radius 3 is 2.73 bits per heavy atom. The fourth-order valence-electron chi connectivity index (χ4n) is 3.71. The van der Waals surface area contributed by atoms with Crippen molar-refractivity contribution in [2.75, 3.05) is 14.1 Å². The molecule has 0 spiro atoms. The zero-order valence-electron chi connectivity index (χ0n) is 14.9. The number of rotatable bonds is 4. The van der Waals surface area contributed by atoms with Crippen LogP contribution in [0.4, 0.5) is 0 Å². The fourth-order valence-corrected chi connectivity index (χ4v) is 3.71. The third-order valence-corrected chi connectivity index (χ3v) is 4.87. The van der Waals surface area contributed by atoms with Crippen molar-refractivity contribution >= 4 is 16.9 Å². The number of carbonyl (C=O) groups excluding carboxylic acids is 1. The molecular weight excluding hydrogens is 328 g/mol. The number of aliphatic hydroxyl groups is 1. The Balaban J connectivity index is 1.69. The van der Waals surface area contributed by atoms with E-state index in [0.29, 0.717) is 24.3 Å². The lowest BCUT2D eigenvalue weighted by atomic mass is 10.1. The number of furan rings is 1. The van der Waals surface area contributed by atoms with E-state index in [-0.39, 0.29) is 5.91 Å². The molecule has 1 aromatic heterocycles. The third-order valence-electron chi connectivity index (χ3n) is 4.87. The van der Waals surface area contributed by atoms with Crippen molar-refractivity contribution in [2.24, 2.45) is 0 Å². The van der Waals surface area contributed by atoms with Crippen LogP contribution in [0.15, 0.2) is 52.9 Å². The Kier molecular flexibility index (Phi) is 4.26. The average Bonchev–Trinajstić information content (AvgIpc) is 3.13. The van der Waals surface area contributed by atoms with Crippen molar-refractivity contribution in [3.8, 4) is 0 Å². The number of nitrogens with zero attached hydrogens (tertiary/aromatic N) is 1. The number of fused-ring (bicyclic) bond motifs is 2. The summed E-state index contributed by atoms with van der Waals surface area (Å²) in [5, 5.41) is 14.3. The summed E-state index contributed by atoms with van der Waals surface area (Å²) in [7, 11) is 3.92. The van der Waals surface area contributed by atoms with Gasteiger partial charge in [0.25, 0.3) is 5.91 Å². The minimum atomic E-state index is -0.627. The van der Waals surface area contributed by atoms with E-state index in [1.54, 1.807) is 0 Å². The first kappa shape index (κ1) is 16.8. The zero-order valence-corrected chi connectivity index (χ0v) is 14.9. The second-order valence-corrected chi connectivity index (χ2v) is 7.07. The Morgan fingerprint density at radius 2 is 1.92 bits per heavy atom. The molecule has 0 aliphatic heterocycles. The summed E-state index contributed by atoms with van der Waals surface area (Å²) in [6.07, 6.45) is -0.0794. The van der Waals surface area contributed by atoms with Crippen molar-refractivity contribution in [1.82, 2.24) is 10.2 Å². The molecule has 4 rings (SSSR count). The maximum atomic E-state index is 13.0. The van der Waals surface area contributed by atoms with Crippen molar-refractivity contribution in [2.45, 2.75) is 25.1 Å². The van der Waals surface area contributed by atoms with Crippen LogP contribution in [0, 0.1) is 0 Å². The Morgan fingerprint density at radius 1 is 1.19 bits per heavy atom. The molecule has 1 amide bonds. The molecule has 0 saturated heterocycles. The van der Waals surface area contributed by atoms with Crippen LogP contribution >= 0.6 is 0 Å². The van der Waals surface area contributed by atoms with E-state index in [1.165, 1.54) is 0 Å². The van der Waals surface area contributed by atoms with Crippen LogP contribution in [-0.4, -0.2) is 36.1 Å². The SMILES string of the molecule is CN(C)Cc1c(C(=O)N[C@H]2c3ccccc3C[C@H]2O)oc2ccccc12. The van der Waals surface area contributed by atoms with Crippen LogP contribution in [0.2, 0.25) is 0 Å². The third kappa shape index (κ3) is 2.89. The molecule has 3 aromatic rings. The molecule has 1 aliphatic carbocycles. The molecule has 1 heterocycles. The summed E-state index contributed by atoms with van der Waals surface area (Å²) in [4.78, 5) is 15.0. The monoisotopic (exact) mass is 350 g/mol. The van der Waals surface area contributed by atoms with Gasteiger partial charge < -0.3 is 19.7 Å². The molecule has 26 heavy (non-hydrogen) atoms. The van der Waals surface area contributed by atoms with Gasteiger partial charge in [0.15, 0.2) is 5.76 Å². The number of amides is 1. The summed E-state index contributed by atoms with van der Waals surface area (Å²) in [5.74, 6) is 0.0234. The van der Waals surface area contributed by atoms with Gasteiger partial charge in [-0.25, -0.2) is 0 Å². The second-order valence-electron chi connectivity index (χ2n) is 7.07. The molecule has 2 N–H and O–H groups in total. The van der Waals surface area contributed by atoms with Gasteiger partial charge in [0.2, 0.25) is 0 Å². The molecule has 5 heteroatoms. The van der Waals surface area contributed by atoms with E-state index >= 15 is 0 Å². The van der Waals surface area contributed by atoms with Gasteiger partial charge in [-0.2, -0.15) is 0 Å². The minimum Gasteiger partial charge on any atom is -0.451 e. The van der Waals surface area contributed by atoms with Crippen LogP contribution in [-0.2, 0) is 13.0 Å². The highest BCUT2D eigenvalue weighted by Crippen LogP contribution is 2.32. The largest absolute Gasteiger partial charge is 0.451 e. The van der Waals surface area contributed by atoms with Gasteiger partial charge in [-0.1, -0.05) is 42.5 Å². The van der Waals surface area contributed by atoms with Gasteiger partial charge in [0.05, 0.1) is 12.1 Å². The number of nitrogens with one attached hydrogen (secondary N) is 1. The Bertz CT molecular complexity index is 961. The Hall–Kier alpha value is -2.63. The first-order valence-electron chi connectivity index (χ1n) is 8.76. The Labute approximate surface area is 152 Å². The molecule has 5 nitrogen and oxygen atoms in total. The van der Waals surface area contributed by atoms with Crippen LogP contribution in [0.1, 0.15) is 33.3 Å². The van der Waals surface area contributed by atoms with Crippen LogP contribution in [0.5, 0.6) is 0 Å². The number of hydrogen-bond acceptors (Lipinski definition) is 4. The molecule has 1 aliphatic rings. The summed E-state index contributed by atoms with van der Waals surface area (Å²) in [6, 6.07) is 15.1. The predicted molar refractivity (Wildman–Crippen MR) is 100.0 cm³/mol. The van der Waals surface area contributed by atoms with Crippen molar-refractivity contribution in [1.29, 1.82) is 0 Å². The highest BCUT2D eigenvalue weighted by molar-refractivity contribution is 5.99. The molecular formula is C21H22N2O3. The first-order valence-corrected chi connectivity index (χ1v) is 8.76. The van der Waals surface area contributed by atoms with Gasteiger partial charge in [0, 0.05) is 23.9 Å². The van der Waals surface area contributed by atoms with Gasteiger partial charge in [-0.15, -0.1) is 0 Å². The summed E-state index contributed by atoms with van der Waals surface area (Å²) in [6.45, 7) is 0.601. The van der Waals surface area contributed by atoms with E-state index in [9.17, 15) is 9.90 Å². The molecule has 0 saturated carbocycles. The van der Waals surface area contributed by atoms with Crippen molar-refractivity contribution in [3.63, 3.8) is 0 Å². The molecule has 0 unspecified atom stereocenters. The summed E-state index contributed by atoms with van der Waals surface area (Å²) in [5.41, 5.74) is 3.60. The van der Waals surface area contributed by atoms with E-state index in [4.69, 9.17) is 4.42 Å². The standard InChI is InChI=1S/C21H22N2O3/c1-23(2)12-16-15-9-5-6-10-18(15)26-20(16)21(25)22-19-14-8-4-3-7-13(14)11-17(19)24/h3-10,17,19,24H,11-12H2,1-2H3,(H,22,25)/t17-,19+/m1/s1. The smallest absolute Gasteiger partial charge is 0.287 e. The zero-order chi connectivity index (χ0) is 18.3. The number of benzene rings is 2. The minimum absolute atomic E-state index is 0.293. The van der Waals surface area contributed by atoms with E-state index in [0.717, 1.165) is 22.1 Å². The lowest BCUT2D eigenvalue weighted by Gasteiger charge is -2.18. The molecule has 134 valence electrons. The highest BCUT2D eigenvalue weighted by Gasteiger charge is 2.33. The van der Waals surface area contributed by atoms with Crippen LogP contribution in [0.25, 0.3) is 11.0 Å². The lowest BCUT2D eigenvalue weighted by molar-refractivity contribution is 0.0831. The maximum absolute atomic E-state index is 13.0. The quantitative estimate of drug-likeness (QED) is 0.759. The van der Waals surface area contributed by atoms with Gasteiger partial charge in [0.1, 0.15) is 5.58 Å². The van der Waals surface area contributed by atoms with Crippen LogP contribution < -0.4 is 5.32 Å². The number of carbonyl (C=O) groups is 1. The second kappa shape index (κ2) is 6.59. The first-order chi connectivity index (χ1) is 12.5. The number of hydrogen-bond donors (Lipinski definition) is 2. The topological polar surface area (TPSA) is 65.7 Å². The van der Waals surface area contributed by atoms with Gasteiger partial charge in [-0.05, 0) is 31.3 Å². The summed E-state index contributed by atoms with van der Waals surface area (Å²) >= 11 is 0.